The van der Waals surface area contributed by atoms with E-state index in [0.717, 1.165) is 12.0 Å². The summed E-state index contributed by atoms with van der Waals surface area (Å²) in [5.41, 5.74) is 3.63. The van der Waals surface area contributed by atoms with E-state index in [1.807, 2.05) is 19.1 Å². The zero-order valence-electron chi connectivity index (χ0n) is 8.58. The van der Waals surface area contributed by atoms with E-state index in [9.17, 15) is 0 Å². The van der Waals surface area contributed by atoms with Gasteiger partial charge in [0.1, 0.15) is 5.58 Å². The largest absolute Gasteiger partial charge is 0.464 e. The fourth-order valence-corrected chi connectivity index (χ4v) is 1.78. The highest BCUT2D eigenvalue weighted by Gasteiger charge is 2.05. The molecule has 0 aliphatic rings. The Morgan fingerprint density at radius 1 is 1.29 bits per heavy atom. The van der Waals surface area contributed by atoms with Crippen molar-refractivity contribution in [2.45, 2.75) is 20.3 Å². The Hall–Kier alpha value is -1.50. The first-order valence-electron chi connectivity index (χ1n) is 4.98. The summed E-state index contributed by atoms with van der Waals surface area (Å²) in [7, 11) is 0. The maximum absolute atomic E-state index is 5.37. The van der Waals surface area contributed by atoms with Crippen molar-refractivity contribution < 1.29 is 4.42 Å². The number of allylic oxidation sites excluding steroid dienone is 1. The predicted molar refractivity (Wildman–Crippen MR) is 60.3 cm³/mol. The summed E-state index contributed by atoms with van der Waals surface area (Å²) in [6.45, 7) is 4.21. The van der Waals surface area contributed by atoms with Crippen molar-refractivity contribution in [3.05, 3.63) is 41.7 Å². The molecule has 14 heavy (non-hydrogen) atoms. The van der Waals surface area contributed by atoms with Crippen LogP contribution < -0.4 is 0 Å². The lowest BCUT2D eigenvalue weighted by atomic mass is 10.0. The van der Waals surface area contributed by atoms with E-state index >= 15 is 0 Å². The average molecular weight is 186 g/mol. The monoisotopic (exact) mass is 186 g/mol. The summed E-state index contributed by atoms with van der Waals surface area (Å²) < 4.78 is 5.37. The molecule has 0 atom stereocenters. The second-order valence-electron chi connectivity index (χ2n) is 3.32. The molecule has 1 nitrogen and oxygen atoms in total. The molecular weight excluding hydrogens is 172 g/mol. The summed E-state index contributed by atoms with van der Waals surface area (Å²) in [6, 6.07) is 6.21. The molecule has 1 heterocycles. The van der Waals surface area contributed by atoms with Gasteiger partial charge in [0.05, 0.1) is 6.26 Å². The molecule has 0 N–H and O–H groups in total. The van der Waals surface area contributed by atoms with Crippen molar-refractivity contribution in [3.8, 4) is 0 Å². The van der Waals surface area contributed by atoms with Gasteiger partial charge in [-0.05, 0) is 36.6 Å². The molecule has 0 aliphatic carbocycles. The number of hydrogen-bond donors (Lipinski definition) is 0. The van der Waals surface area contributed by atoms with Crippen molar-refractivity contribution in [3.63, 3.8) is 0 Å². The molecule has 0 saturated carbocycles. The van der Waals surface area contributed by atoms with E-state index in [2.05, 4.69) is 25.1 Å². The SMILES string of the molecule is CC=Cc1c(CC)ccc2occc12. The molecule has 0 radical (unpaired) electrons. The number of aryl methyl sites for hydroxylation is 1. The van der Waals surface area contributed by atoms with Gasteiger partial charge in [-0.15, -0.1) is 0 Å². The van der Waals surface area contributed by atoms with Crippen LogP contribution in [-0.2, 0) is 6.42 Å². The van der Waals surface area contributed by atoms with Crippen LogP contribution in [0.4, 0.5) is 0 Å². The predicted octanol–water partition coefficient (Wildman–Crippen LogP) is 4.03. The van der Waals surface area contributed by atoms with E-state index in [1.165, 1.54) is 16.5 Å². The molecule has 0 unspecified atom stereocenters. The van der Waals surface area contributed by atoms with Crippen molar-refractivity contribution in [1.29, 1.82) is 0 Å². The van der Waals surface area contributed by atoms with Gasteiger partial charge in [0.25, 0.3) is 0 Å². The van der Waals surface area contributed by atoms with Crippen LogP contribution in [0, 0.1) is 0 Å². The molecule has 72 valence electrons. The lowest BCUT2D eigenvalue weighted by Crippen LogP contribution is -1.86. The Bertz CT molecular complexity index is 463. The normalized spacial score (nSPS) is 11.6. The molecule has 0 fully saturated rings. The molecule has 1 aromatic heterocycles. The summed E-state index contributed by atoms with van der Waals surface area (Å²) >= 11 is 0. The molecule has 2 aromatic rings. The number of fused-ring (bicyclic) bond motifs is 1. The highest BCUT2D eigenvalue weighted by atomic mass is 16.3. The van der Waals surface area contributed by atoms with Gasteiger partial charge in [-0.1, -0.05) is 25.1 Å². The van der Waals surface area contributed by atoms with E-state index in [0.29, 0.717) is 0 Å². The summed E-state index contributed by atoms with van der Waals surface area (Å²) in [5, 5.41) is 1.21. The van der Waals surface area contributed by atoms with Gasteiger partial charge in [0.2, 0.25) is 0 Å². The minimum absolute atomic E-state index is 0.968. The van der Waals surface area contributed by atoms with Crippen molar-refractivity contribution >= 4 is 17.0 Å². The molecule has 1 heteroatoms. The smallest absolute Gasteiger partial charge is 0.134 e. The summed E-state index contributed by atoms with van der Waals surface area (Å²) in [6.07, 6.45) is 7.02. The quantitative estimate of drug-likeness (QED) is 0.690. The van der Waals surface area contributed by atoms with Gasteiger partial charge in [0.15, 0.2) is 0 Å². The van der Waals surface area contributed by atoms with Gasteiger partial charge in [-0.3, -0.25) is 0 Å². The minimum Gasteiger partial charge on any atom is -0.464 e. The van der Waals surface area contributed by atoms with Crippen LogP contribution in [0.1, 0.15) is 25.0 Å². The third kappa shape index (κ3) is 1.35. The van der Waals surface area contributed by atoms with E-state index in [4.69, 9.17) is 4.42 Å². The fraction of sp³-hybridized carbons (Fsp3) is 0.231. The number of furan rings is 1. The molecule has 0 amide bonds. The molecule has 0 aliphatic heterocycles. The van der Waals surface area contributed by atoms with Crippen molar-refractivity contribution in [1.82, 2.24) is 0 Å². The number of benzene rings is 1. The minimum atomic E-state index is 0.968. The van der Waals surface area contributed by atoms with Gasteiger partial charge in [0, 0.05) is 5.39 Å². The first kappa shape index (κ1) is 9.07. The topological polar surface area (TPSA) is 13.1 Å². The van der Waals surface area contributed by atoms with E-state index in [-0.39, 0.29) is 0 Å². The van der Waals surface area contributed by atoms with Crippen LogP contribution >= 0.6 is 0 Å². The number of hydrogen-bond acceptors (Lipinski definition) is 1. The van der Waals surface area contributed by atoms with E-state index < -0.39 is 0 Å². The van der Waals surface area contributed by atoms with Crippen molar-refractivity contribution in [2.24, 2.45) is 0 Å². The van der Waals surface area contributed by atoms with Crippen molar-refractivity contribution in [2.75, 3.05) is 0 Å². The van der Waals surface area contributed by atoms with Gasteiger partial charge >= 0.3 is 0 Å². The van der Waals surface area contributed by atoms with Gasteiger partial charge in [-0.2, -0.15) is 0 Å². The zero-order chi connectivity index (χ0) is 9.97. The lowest BCUT2D eigenvalue weighted by Gasteiger charge is -2.03. The Balaban J connectivity index is 2.75. The molecule has 1 aromatic carbocycles. The first-order valence-corrected chi connectivity index (χ1v) is 4.98. The molecule has 0 spiro atoms. The fourth-order valence-electron chi connectivity index (χ4n) is 1.78. The standard InChI is InChI=1S/C13H14O/c1-3-5-11-10(4-2)6-7-13-12(11)8-9-14-13/h3,5-9H,4H2,1-2H3. The Labute approximate surface area is 84.0 Å². The Kier molecular flexibility index (Phi) is 2.40. The van der Waals surface area contributed by atoms with Gasteiger partial charge in [-0.25, -0.2) is 0 Å². The molecule has 2 rings (SSSR count). The molecular formula is C13H14O. The van der Waals surface area contributed by atoms with Crippen LogP contribution in [0.15, 0.2) is 35.0 Å². The Morgan fingerprint density at radius 3 is 2.86 bits per heavy atom. The Morgan fingerprint density at radius 2 is 2.14 bits per heavy atom. The second-order valence-corrected chi connectivity index (χ2v) is 3.32. The zero-order valence-corrected chi connectivity index (χ0v) is 8.58. The maximum atomic E-state index is 5.37. The third-order valence-electron chi connectivity index (χ3n) is 2.48. The van der Waals surface area contributed by atoms with Crippen LogP contribution in [0.3, 0.4) is 0 Å². The van der Waals surface area contributed by atoms with E-state index in [1.54, 1.807) is 6.26 Å². The first-order chi connectivity index (χ1) is 6.86. The highest BCUT2D eigenvalue weighted by Crippen LogP contribution is 2.25. The van der Waals surface area contributed by atoms with Crippen LogP contribution in [0.25, 0.3) is 17.0 Å². The number of rotatable bonds is 2. The van der Waals surface area contributed by atoms with Crippen LogP contribution in [-0.4, -0.2) is 0 Å². The van der Waals surface area contributed by atoms with Gasteiger partial charge < -0.3 is 4.42 Å². The molecule has 0 saturated heterocycles. The average Bonchev–Trinajstić information content (AvgIpc) is 2.67. The maximum Gasteiger partial charge on any atom is 0.134 e. The summed E-state index contributed by atoms with van der Waals surface area (Å²) in [4.78, 5) is 0. The molecule has 0 bridgehead atoms. The van der Waals surface area contributed by atoms with Crippen LogP contribution in [0.5, 0.6) is 0 Å². The summed E-state index contributed by atoms with van der Waals surface area (Å²) in [5.74, 6) is 0. The van der Waals surface area contributed by atoms with Crippen LogP contribution in [0.2, 0.25) is 0 Å². The second kappa shape index (κ2) is 3.70. The lowest BCUT2D eigenvalue weighted by molar-refractivity contribution is 0.616. The third-order valence-corrected chi connectivity index (χ3v) is 2.48. The highest BCUT2D eigenvalue weighted by molar-refractivity contribution is 5.88.